The average molecular weight is 427 g/mol. The molecule has 1 aliphatic heterocycles. The standard InChI is InChI=1S/C27H30N4O/c1-2-21-8-12-23(13-9-21)25-6-5-7-27-28-26(29-31(25)27)20-22-10-14-24(15-11-22)32-19-18-30-16-3-4-17-30/h5-15H,2-4,16-20H2,1H3. The highest BCUT2D eigenvalue weighted by molar-refractivity contribution is 5.63. The summed E-state index contributed by atoms with van der Waals surface area (Å²) in [6.07, 6.45) is 4.38. The van der Waals surface area contributed by atoms with Crippen LogP contribution in [0, 0.1) is 0 Å². The molecule has 0 N–H and O–H groups in total. The minimum Gasteiger partial charge on any atom is -0.492 e. The fourth-order valence-corrected chi connectivity index (χ4v) is 4.34. The van der Waals surface area contributed by atoms with Gasteiger partial charge in [-0.3, -0.25) is 4.90 Å². The maximum atomic E-state index is 5.93. The number of ether oxygens (including phenoxy) is 1. The van der Waals surface area contributed by atoms with Crippen molar-refractivity contribution in [3.63, 3.8) is 0 Å². The van der Waals surface area contributed by atoms with Crippen molar-refractivity contribution in [3.05, 3.63) is 83.7 Å². The average Bonchev–Trinajstić information content (AvgIpc) is 3.49. The molecule has 0 unspecified atom stereocenters. The van der Waals surface area contributed by atoms with Crippen molar-refractivity contribution in [2.24, 2.45) is 0 Å². The van der Waals surface area contributed by atoms with Crippen molar-refractivity contribution in [2.75, 3.05) is 26.2 Å². The Kier molecular flexibility index (Phi) is 6.17. The van der Waals surface area contributed by atoms with Gasteiger partial charge in [-0.15, -0.1) is 0 Å². The Morgan fingerprint density at radius 1 is 0.875 bits per heavy atom. The van der Waals surface area contributed by atoms with Crippen molar-refractivity contribution < 1.29 is 4.74 Å². The van der Waals surface area contributed by atoms with Crippen LogP contribution in [-0.2, 0) is 12.8 Å². The molecule has 164 valence electrons. The van der Waals surface area contributed by atoms with Crippen molar-refractivity contribution in [1.29, 1.82) is 0 Å². The van der Waals surface area contributed by atoms with Crippen molar-refractivity contribution >= 4 is 5.65 Å². The summed E-state index contributed by atoms with van der Waals surface area (Å²) in [6, 6.07) is 23.2. The molecule has 4 aromatic rings. The normalized spacial score (nSPS) is 14.3. The fourth-order valence-electron chi connectivity index (χ4n) is 4.34. The number of hydrogen-bond donors (Lipinski definition) is 0. The summed E-state index contributed by atoms with van der Waals surface area (Å²) >= 11 is 0. The maximum Gasteiger partial charge on any atom is 0.156 e. The van der Waals surface area contributed by atoms with Gasteiger partial charge in [0.2, 0.25) is 0 Å². The van der Waals surface area contributed by atoms with Crippen LogP contribution in [0.5, 0.6) is 5.75 Å². The molecule has 5 heteroatoms. The smallest absolute Gasteiger partial charge is 0.156 e. The van der Waals surface area contributed by atoms with E-state index in [2.05, 4.69) is 66.4 Å². The van der Waals surface area contributed by atoms with Crippen LogP contribution in [0.25, 0.3) is 16.9 Å². The van der Waals surface area contributed by atoms with Crippen molar-refractivity contribution in [2.45, 2.75) is 32.6 Å². The Labute approximate surface area is 189 Å². The Hall–Kier alpha value is -3.18. The van der Waals surface area contributed by atoms with E-state index in [0.717, 1.165) is 48.1 Å². The van der Waals surface area contributed by atoms with E-state index in [1.807, 2.05) is 16.6 Å². The molecule has 1 saturated heterocycles. The third-order valence-corrected chi connectivity index (χ3v) is 6.22. The Balaban J connectivity index is 1.26. The first-order valence-corrected chi connectivity index (χ1v) is 11.7. The van der Waals surface area contributed by atoms with Crippen molar-refractivity contribution in [3.8, 4) is 17.0 Å². The van der Waals surface area contributed by atoms with E-state index in [1.54, 1.807) is 0 Å². The molecule has 0 spiro atoms. The number of rotatable bonds is 8. The number of aromatic nitrogens is 3. The van der Waals surface area contributed by atoms with Crippen LogP contribution in [0.3, 0.4) is 0 Å². The van der Waals surface area contributed by atoms with E-state index < -0.39 is 0 Å². The number of fused-ring (bicyclic) bond motifs is 1. The second-order valence-electron chi connectivity index (χ2n) is 8.48. The van der Waals surface area contributed by atoms with E-state index in [-0.39, 0.29) is 0 Å². The monoisotopic (exact) mass is 426 g/mol. The van der Waals surface area contributed by atoms with E-state index in [4.69, 9.17) is 14.8 Å². The van der Waals surface area contributed by atoms with Gasteiger partial charge >= 0.3 is 0 Å². The van der Waals surface area contributed by atoms with E-state index in [9.17, 15) is 0 Å². The van der Waals surface area contributed by atoms with Crippen LogP contribution in [0.1, 0.15) is 36.7 Å². The third kappa shape index (κ3) is 4.68. The highest BCUT2D eigenvalue weighted by Gasteiger charge is 2.12. The lowest BCUT2D eigenvalue weighted by Crippen LogP contribution is -2.25. The Morgan fingerprint density at radius 3 is 2.38 bits per heavy atom. The fraction of sp³-hybridized carbons (Fsp3) is 0.333. The molecule has 2 aromatic carbocycles. The lowest BCUT2D eigenvalue weighted by Gasteiger charge is -2.14. The summed E-state index contributed by atoms with van der Waals surface area (Å²) in [7, 11) is 0. The van der Waals surface area contributed by atoms with Gasteiger partial charge in [0, 0.05) is 18.5 Å². The first-order valence-electron chi connectivity index (χ1n) is 11.7. The van der Waals surface area contributed by atoms with Gasteiger partial charge in [0.25, 0.3) is 0 Å². The zero-order valence-corrected chi connectivity index (χ0v) is 18.7. The zero-order valence-electron chi connectivity index (χ0n) is 18.7. The summed E-state index contributed by atoms with van der Waals surface area (Å²) in [6.45, 7) is 6.35. The van der Waals surface area contributed by atoms with Gasteiger partial charge in [-0.25, -0.2) is 9.50 Å². The molecule has 5 nitrogen and oxygen atoms in total. The minimum atomic E-state index is 0.698. The van der Waals surface area contributed by atoms with Crippen molar-refractivity contribution in [1.82, 2.24) is 19.5 Å². The van der Waals surface area contributed by atoms with E-state index in [1.165, 1.54) is 37.1 Å². The molecule has 0 saturated carbocycles. The van der Waals surface area contributed by atoms with Crippen LogP contribution in [-0.4, -0.2) is 45.7 Å². The Morgan fingerprint density at radius 2 is 1.62 bits per heavy atom. The molecule has 5 rings (SSSR count). The molecule has 0 aliphatic carbocycles. The SMILES string of the molecule is CCc1ccc(-c2cccc3nc(Cc4ccc(OCCN5CCCC5)cc4)nn23)cc1. The lowest BCUT2D eigenvalue weighted by atomic mass is 10.1. The molecule has 1 aliphatic rings. The number of benzene rings is 2. The largest absolute Gasteiger partial charge is 0.492 e. The number of aryl methyl sites for hydroxylation is 1. The minimum absolute atomic E-state index is 0.698. The van der Waals surface area contributed by atoms with E-state index >= 15 is 0 Å². The van der Waals surface area contributed by atoms with Gasteiger partial charge in [-0.1, -0.05) is 49.4 Å². The topological polar surface area (TPSA) is 42.7 Å². The van der Waals surface area contributed by atoms with Gasteiger partial charge in [0.15, 0.2) is 11.5 Å². The first kappa shape index (κ1) is 20.7. The highest BCUT2D eigenvalue weighted by atomic mass is 16.5. The lowest BCUT2D eigenvalue weighted by molar-refractivity contribution is 0.238. The first-order chi connectivity index (χ1) is 15.8. The summed E-state index contributed by atoms with van der Waals surface area (Å²) in [4.78, 5) is 7.23. The molecule has 3 heterocycles. The summed E-state index contributed by atoms with van der Waals surface area (Å²) < 4.78 is 7.88. The third-order valence-electron chi connectivity index (χ3n) is 6.22. The van der Waals surface area contributed by atoms with Crippen LogP contribution in [0.15, 0.2) is 66.7 Å². The molecule has 0 atom stereocenters. The van der Waals surface area contributed by atoms with Crippen LogP contribution >= 0.6 is 0 Å². The molecular weight excluding hydrogens is 396 g/mol. The number of hydrogen-bond acceptors (Lipinski definition) is 4. The summed E-state index contributed by atoms with van der Waals surface area (Å²) in [5, 5.41) is 4.81. The molecule has 0 radical (unpaired) electrons. The predicted octanol–water partition coefficient (Wildman–Crippen LogP) is 5.02. The van der Waals surface area contributed by atoms with Crippen LogP contribution in [0.2, 0.25) is 0 Å². The quantitative estimate of drug-likeness (QED) is 0.397. The van der Waals surface area contributed by atoms with Crippen LogP contribution in [0.4, 0.5) is 0 Å². The van der Waals surface area contributed by atoms with E-state index in [0.29, 0.717) is 6.42 Å². The van der Waals surface area contributed by atoms with Gasteiger partial charge < -0.3 is 4.74 Å². The summed E-state index contributed by atoms with van der Waals surface area (Å²) in [5.41, 5.74) is 5.61. The summed E-state index contributed by atoms with van der Waals surface area (Å²) in [5.74, 6) is 1.75. The molecule has 32 heavy (non-hydrogen) atoms. The predicted molar refractivity (Wildman–Crippen MR) is 128 cm³/mol. The Bertz CT molecular complexity index is 1160. The maximum absolute atomic E-state index is 5.93. The molecule has 0 amide bonds. The second kappa shape index (κ2) is 9.53. The highest BCUT2D eigenvalue weighted by Crippen LogP contribution is 2.22. The number of pyridine rings is 1. The van der Waals surface area contributed by atoms with Gasteiger partial charge in [-0.2, -0.15) is 5.10 Å². The second-order valence-corrected chi connectivity index (χ2v) is 8.48. The molecule has 0 bridgehead atoms. The zero-order chi connectivity index (χ0) is 21.8. The van der Waals surface area contributed by atoms with Crippen LogP contribution < -0.4 is 4.74 Å². The molecule has 2 aromatic heterocycles. The number of likely N-dealkylation sites (tertiary alicyclic amines) is 1. The molecular formula is C27H30N4O. The van der Waals surface area contributed by atoms with Gasteiger partial charge in [-0.05, 0) is 67.7 Å². The van der Waals surface area contributed by atoms with Gasteiger partial charge in [0.1, 0.15) is 12.4 Å². The number of nitrogens with zero attached hydrogens (tertiary/aromatic N) is 4. The molecule has 1 fully saturated rings. The van der Waals surface area contributed by atoms with Gasteiger partial charge in [0.05, 0.1) is 5.69 Å².